The van der Waals surface area contributed by atoms with E-state index in [4.69, 9.17) is 9.84 Å². The Labute approximate surface area is 202 Å². The quantitative estimate of drug-likeness (QED) is 0.228. The van der Waals surface area contributed by atoms with Gasteiger partial charge in [-0.05, 0) is 30.7 Å². The third kappa shape index (κ3) is 18.9. The minimum Gasteiger partial charge on any atom is -0.481 e. The molecule has 0 radical (unpaired) electrons. The zero-order valence-corrected chi connectivity index (χ0v) is 20.9. The average Bonchev–Trinajstić information content (AvgIpc) is 2.83. The highest BCUT2D eigenvalue weighted by Crippen LogP contribution is 2.19. The number of carbonyl (C=O) groups is 1. The second kappa shape index (κ2) is 21.6. The van der Waals surface area contributed by atoms with Crippen molar-refractivity contribution in [2.24, 2.45) is 0 Å². The Morgan fingerprint density at radius 2 is 0.909 bits per heavy atom. The molecular weight excluding hydrogens is 408 g/mol. The molecule has 0 aromatic heterocycles. The summed E-state index contributed by atoms with van der Waals surface area (Å²) in [6.45, 7) is 2.27. The molecular formula is C30H46O3. The van der Waals surface area contributed by atoms with Crippen LogP contribution in [0.2, 0.25) is 0 Å². The first-order valence-corrected chi connectivity index (χ1v) is 13.2. The summed E-state index contributed by atoms with van der Waals surface area (Å²) in [6.07, 6.45) is 20.2. The van der Waals surface area contributed by atoms with Gasteiger partial charge >= 0.3 is 5.97 Å². The Hall–Kier alpha value is -2.29. The molecule has 0 unspecified atom stereocenters. The van der Waals surface area contributed by atoms with E-state index in [1.165, 1.54) is 83.5 Å². The predicted molar refractivity (Wildman–Crippen MR) is 140 cm³/mol. The number of benzene rings is 2. The van der Waals surface area contributed by atoms with Crippen molar-refractivity contribution >= 4 is 5.97 Å². The van der Waals surface area contributed by atoms with Crippen molar-refractivity contribution in [2.75, 3.05) is 0 Å². The molecule has 33 heavy (non-hydrogen) atoms. The summed E-state index contributed by atoms with van der Waals surface area (Å²) in [4.78, 5) is 10.3. The zero-order chi connectivity index (χ0) is 23.8. The molecule has 0 spiro atoms. The van der Waals surface area contributed by atoms with Crippen LogP contribution in [0.25, 0.3) is 0 Å². The summed E-state index contributed by atoms with van der Waals surface area (Å²) in [7, 11) is 0. The van der Waals surface area contributed by atoms with Crippen molar-refractivity contribution in [1.29, 1.82) is 0 Å². The smallest absolute Gasteiger partial charge is 0.303 e. The SMILES string of the molecule is CCCCCCCCCCCCCCCCCC(=O)O.c1ccc(Oc2ccccc2)cc1. The number of hydrogen-bond acceptors (Lipinski definition) is 2. The number of para-hydroxylation sites is 2. The molecule has 0 fully saturated rings. The van der Waals surface area contributed by atoms with Crippen LogP contribution in [0.1, 0.15) is 110 Å². The van der Waals surface area contributed by atoms with Gasteiger partial charge in [0, 0.05) is 6.42 Å². The standard InChI is InChI=1S/C18H36O2.C12H10O/c1-2-3-4-5-6-7-8-9-10-11-12-13-14-15-16-17-18(19)20;1-3-7-11(8-4-1)13-12-9-5-2-6-10-12/h2-17H2,1H3,(H,19,20);1-10H. The molecule has 0 bridgehead atoms. The Balaban J connectivity index is 0.000000357. The lowest BCUT2D eigenvalue weighted by Crippen LogP contribution is -1.93. The maximum Gasteiger partial charge on any atom is 0.303 e. The minimum atomic E-state index is -0.653. The van der Waals surface area contributed by atoms with Crippen LogP contribution >= 0.6 is 0 Å². The molecule has 2 aromatic carbocycles. The van der Waals surface area contributed by atoms with Crippen LogP contribution in [0.15, 0.2) is 60.7 Å². The number of ether oxygens (including phenoxy) is 1. The van der Waals surface area contributed by atoms with Crippen molar-refractivity contribution in [1.82, 2.24) is 0 Å². The van der Waals surface area contributed by atoms with E-state index < -0.39 is 5.97 Å². The lowest BCUT2D eigenvalue weighted by Gasteiger charge is -2.03. The lowest BCUT2D eigenvalue weighted by atomic mass is 10.0. The molecule has 184 valence electrons. The van der Waals surface area contributed by atoms with Crippen molar-refractivity contribution in [3.63, 3.8) is 0 Å². The predicted octanol–water partition coefficient (Wildman–Crippen LogP) is 9.81. The molecule has 0 saturated heterocycles. The van der Waals surface area contributed by atoms with Crippen molar-refractivity contribution < 1.29 is 14.6 Å². The number of unbranched alkanes of at least 4 members (excludes halogenated alkanes) is 14. The average molecular weight is 455 g/mol. The van der Waals surface area contributed by atoms with Gasteiger partial charge in [0.15, 0.2) is 0 Å². The molecule has 1 N–H and O–H groups in total. The number of carboxylic acids is 1. The molecule has 0 aliphatic heterocycles. The third-order valence-corrected chi connectivity index (χ3v) is 5.72. The maximum atomic E-state index is 10.3. The Kier molecular flexibility index (Phi) is 18.8. The normalized spacial score (nSPS) is 10.3. The minimum absolute atomic E-state index is 0.345. The fourth-order valence-electron chi connectivity index (χ4n) is 3.76. The highest BCUT2D eigenvalue weighted by molar-refractivity contribution is 5.66. The lowest BCUT2D eigenvalue weighted by molar-refractivity contribution is -0.137. The topological polar surface area (TPSA) is 46.5 Å². The van der Waals surface area contributed by atoms with Crippen LogP contribution in [0.3, 0.4) is 0 Å². The summed E-state index contributed by atoms with van der Waals surface area (Å²) in [6, 6.07) is 19.5. The van der Waals surface area contributed by atoms with Crippen LogP contribution in [0.4, 0.5) is 0 Å². The number of rotatable bonds is 18. The van der Waals surface area contributed by atoms with E-state index in [1.54, 1.807) is 0 Å². The van der Waals surface area contributed by atoms with Gasteiger partial charge in [0.2, 0.25) is 0 Å². The fourth-order valence-corrected chi connectivity index (χ4v) is 3.76. The molecule has 3 nitrogen and oxygen atoms in total. The molecule has 0 amide bonds. The summed E-state index contributed by atoms with van der Waals surface area (Å²) in [5.41, 5.74) is 0. The molecule has 0 atom stereocenters. The molecule has 0 aliphatic carbocycles. The number of aliphatic carboxylic acids is 1. The van der Waals surface area contributed by atoms with Gasteiger partial charge in [-0.3, -0.25) is 4.79 Å². The number of carboxylic acid groups (broad SMARTS) is 1. The van der Waals surface area contributed by atoms with Gasteiger partial charge in [0.05, 0.1) is 0 Å². The molecule has 3 heteroatoms. The van der Waals surface area contributed by atoms with Crippen molar-refractivity contribution in [3.8, 4) is 11.5 Å². The van der Waals surface area contributed by atoms with E-state index in [9.17, 15) is 4.79 Å². The maximum absolute atomic E-state index is 10.3. The molecule has 0 heterocycles. The van der Waals surface area contributed by atoms with E-state index >= 15 is 0 Å². The van der Waals surface area contributed by atoms with Crippen LogP contribution < -0.4 is 4.74 Å². The second-order valence-corrected chi connectivity index (χ2v) is 8.82. The Morgan fingerprint density at radius 3 is 1.24 bits per heavy atom. The molecule has 2 rings (SSSR count). The molecule has 0 aliphatic rings. The van der Waals surface area contributed by atoms with Crippen molar-refractivity contribution in [3.05, 3.63) is 60.7 Å². The van der Waals surface area contributed by atoms with Gasteiger partial charge in [-0.15, -0.1) is 0 Å². The Bertz CT molecular complexity index is 632. The highest BCUT2D eigenvalue weighted by Gasteiger charge is 1.97. The van der Waals surface area contributed by atoms with Crippen LogP contribution in [-0.4, -0.2) is 11.1 Å². The van der Waals surface area contributed by atoms with E-state index in [1.807, 2.05) is 60.7 Å². The van der Waals surface area contributed by atoms with Gasteiger partial charge in [-0.2, -0.15) is 0 Å². The summed E-state index contributed by atoms with van der Waals surface area (Å²) in [5, 5.41) is 8.52. The summed E-state index contributed by atoms with van der Waals surface area (Å²) in [5.74, 6) is 1.09. The summed E-state index contributed by atoms with van der Waals surface area (Å²) >= 11 is 0. The first-order chi connectivity index (χ1) is 16.2. The van der Waals surface area contributed by atoms with Crippen molar-refractivity contribution in [2.45, 2.75) is 110 Å². The Morgan fingerprint density at radius 1 is 0.576 bits per heavy atom. The van der Waals surface area contributed by atoms with Crippen LogP contribution in [0, 0.1) is 0 Å². The van der Waals surface area contributed by atoms with Crippen LogP contribution in [0.5, 0.6) is 11.5 Å². The third-order valence-electron chi connectivity index (χ3n) is 5.72. The van der Waals surface area contributed by atoms with E-state index in [2.05, 4.69) is 6.92 Å². The van der Waals surface area contributed by atoms with E-state index in [-0.39, 0.29) is 0 Å². The fraction of sp³-hybridized carbons (Fsp3) is 0.567. The molecule has 2 aromatic rings. The van der Waals surface area contributed by atoms with E-state index in [0.29, 0.717) is 6.42 Å². The van der Waals surface area contributed by atoms with Gasteiger partial charge < -0.3 is 9.84 Å². The first-order valence-electron chi connectivity index (χ1n) is 13.2. The van der Waals surface area contributed by atoms with Gasteiger partial charge in [-0.25, -0.2) is 0 Å². The monoisotopic (exact) mass is 454 g/mol. The zero-order valence-electron chi connectivity index (χ0n) is 20.9. The van der Waals surface area contributed by atoms with Crippen LogP contribution in [-0.2, 0) is 4.79 Å². The van der Waals surface area contributed by atoms with E-state index in [0.717, 1.165) is 24.3 Å². The number of hydrogen-bond donors (Lipinski definition) is 1. The van der Waals surface area contributed by atoms with Gasteiger partial charge in [-0.1, -0.05) is 133 Å². The highest BCUT2D eigenvalue weighted by atomic mass is 16.5. The largest absolute Gasteiger partial charge is 0.481 e. The molecule has 0 saturated carbocycles. The second-order valence-electron chi connectivity index (χ2n) is 8.82. The van der Waals surface area contributed by atoms with Gasteiger partial charge in [0.25, 0.3) is 0 Å². The van der Waals surface area contributed by atoms with Gasteiger partial charge in [0.1, 0.15) is 11.5 Å². The first kappa shape index (κ1) is 28.7. The summed E-state index contributed by atoms with van der Waals surface area (Å²) < 4.78 is 5.58.